The smallest absolute Gasteiger partial charge is 0.166 e. The molecule has 0 bridgehead atoms. The highest BCUT2D eigenvalue weighted by Crippen LogP contribution is 2.37. The lowest BCUT2D eigenvalue weighted by Crippen LogP contribution is -2.18. The first-order valence-corrected chi connectivity index (χ1v) is 5.75. The first kappa shape index (κ1) is 13.8. The Morgan fingerprint density at radius 2 is 2.00 bits per heavy atom. The quantitative estimate of drug-likeness (QED) is 0.790. The van der Waals surface area contributed by atoms with Crippen molar-refractivity contribution in [3.05, 3.63) is 23.3 Å². The van der Waals surface area contributed by atoms with Crippen molar-refractivity contribution in [3.63, 3.8) is 0 Å². The molecule has 0 aliphatic heterocycles. The molecule has 0 aromatic heterocycles. The summed E-state index contributed by atoms with van der Waals surface area (Å²) in [4.78, 5) is 0. The number of benzene rings is 1. The molecule has 1 rings (SSSR count). The van der Waals surface area contributed by atoms with Gasteiger partial charge in [-0.3, -0.25) is 0 Å². The Balaban J connectivity index is 3.29. The number of ether oxygens (including phenoxy) is 2. The van der Waals surface area contributed by atoms with E-state index < -0.39 is 6.10 Å². The molecule has 2 N–H and O–H groups in total. The Kier molecular flexibility index (Phi) is 5.25. The van der Waals surface area contributed by atoms with E-state index in [1.165, 1.54) is 0 Å². The molecule has 17 heavy (non-hydrogen) atoms. The van der Waals surface area contributed by atoms with Gasteiger partial charge in [0, 0.05) is 12.1 Å². The van der Waals surface area contributed by atoms with Gasteiger partial charge in [-0.25, -0.2) is 0 Å². The van der Waals surface area contributed by atoms with Crippen LogP contribution in [-0.4, -0.2) is 32.9 Å². The molecule has 4 nitrogen and oxygen atoms in total. The van der Waals surface area contributed by atoms with Gasteiger partial charge < -0.3 is 19.9 Å². The van der Waals surface area contributed by atoms with E-state index in [2.05, 4.69) is 12.2 Å². The summed E-state index contributed by atoms with van der Waals surface area (Å²) in [5, 5.41) is 13.1. The molecule has 0 aliphatic rings. The zero-order valence-electron chi connectivity index (χ0n) is 10.9. The van der Waals surface area contributed by atoms with E-state index in [0.29, 0.717) is 18.0 Å². The largest absolute Gasteiger partial charge is 0.493 e. The summed E-state index contributed by atoms with van der Waals surface area (Å²) in [6.45, 7) is 2.54. The molecule has 0 radical (unpaired) electrons. The second kappa shape index (κ2) is 6.47. The van der Waals surface area contributed by atoms with Gasteiger partial charge in [-0.05, 0) is 25.1 Å². The first-order valence-electron chi connectivity index (χ1n) is 5.75. The Hall–Kier alpha value is -1.26. The van der Waals surface area contributed by atoms with Crippen molar-refractivity contribution in [2.45, 2.75) is 19.4 Å². The lowest BCUT2D eigenvalue weighted by Gasteiger charge is -2.20. The molecule has 0 saturated carbocycles. The average Bonchev–Trinajstić information content (AvgIpc) is 2.36. The maximum atomic E-state index is 10.2. The lowest BCUT2D eigenvalue weighted by atomic mass is 9.98. The SMILES string of the molecule is CCc1ccc(OC)c(OC)c1C(O)CNC. The van der Waals surface area contributed by atoms with Gasteiger partial charge in [-0.15, -0.1) is 0 Å². The molecule has 1 aromatic carbocycles. The van der Waals surface area contributed by atoms with Gasteiger partial charge in [-0.2, -0.15) is 0 Å². The fourth-order valence-electron chi connectivity index (χ4n) is 1.96. The number of aliphatic hydroxyl groups is 1. The van der Waals surface area contributed by atoms with E-state index in [-0.39, 0.29) is 0 Å². The third-order valence-corrected chi connectivity index (χ3v) is 2.79. The van der Waals surface area contributed by atoms with Crippen molar-refractivity contribution in [1.82, 2.24) is 5.32 Å². The van der Waals surface area contributed by atoms with E-state index in [1.54, 1.807) is 14.2 Å². The Bertz CT molecular complexity index is 366. The summed E-state index contributed by atoms with van der Waals surface area (Å²) >= 11 is 0. The summed E-state index contributed by atoms with van der Waals surface area (Å²) in [5.74, 6) is 1.27. The molecule has 1 aromatic rings. The van der Waals surface area contributed by atoms with Crippen LogP contribution < -0.4 is 14.8 Å². The number of hydrogen-bond acceptors (Lipinski definition) is 4. The monoisotopic (exact) mass is 239 g/mol. The zero-order valence-corrected chi connectivity index (χ0v) is 10.9. The standard InChI is InChI=1S/C13H21NO3/c1-5-9-6-7-11(16-3)13(17-4)12(9)10(15)8-14-2/h6-7,10,14-15H,5,8H2,1-4H3. The van der Waals surface area contributed by atoms with Gasteiger partial charge in [0.2, 0.25) is 0 Å². The van der Waals surface area contributed by atoms with Crippen molar-refractivity contribution in [2.24, 2.45) is 0 Å². The first-order chi connectivity index (χ1) is 8.19. The van der Waals surface area contributed by atoms with Gasteiger partial charge >= 0.3 is 0 Å². The Labute approximate surface area is 103 Å². The second-order valence-corrected chi connectivity index (χ2v) is 3.80. The minimum Gasteiger partial charge on any atom is -0.493 e. The van der Waals surface area contributed by atoms with Gasteiger partial charge in [0.1, 0.15) is 0 Å². The molecule has 0 fully saturated rings. The molecule has 0 saturated heterocycles. The molecule has 1 unspecified atom stereocenters. The molecule has 0 amide bonds. The topological polar surface area (TPSA) is 50.7 Å². The summed E-state index contributed by atoms with van der Waals surface area (Å²) < 4.78 is 10.6. The van der Waals surface area contributed by atoms with E-state index >= 15 is 0 Å². The highest BCUT2D eigenvalue weighted by Gasteiger charge is 2.20. The Morgan fingerprint density at radius 3 is 2.47 bits per heavy atom. The predicted molar refractivity (Wildman–Crippen MR) is 67.8 cm³/mol. The van der Waals surface area contributed by atoms with Crippen LogP contribution in [0.2, 0.25) is 0 Å². The van der Waals surface area contributed by atoms with Crippen molar-refractivity contribution < 1.29 is 14.6 Å². The minimum absolute atomic E-state index is 0.483. The van der Waals surface area contributed by atoms with Crippen LogP contribution in [0.5, 0.6) is 11.5 Å². The third-order valence-electron chi connectivity index (χ3n) is 2.79. The fraction of sp³-hybridized carbons (Fsp3) is 0.538. The number of methoxy groups -OCH3 is 2. The van der Waals surface area contributed by atoms with Gasteiger partial charge in [0.25, 0.3) is 0 Å². The third kappa shape index (κ3) is 2.90. The van der Waals surface area contributed by atoms with Crippen molar-refractivity contribution in [3.8, 4) is 11.5 Å². The normalized spacial score (nSPS) is 12.3. The maximum absolute atomic E-state index is 10.2. The van der Waals surface area contributed by atoms with Crippen LogP contribution in [0, 0.1) is 0 Å². The van der Waals surface area contributed by atoms with Crippen LogP contribution in [0.15, 0.2) is 12.1 Å². The summed E-state index contributed by atoms with van der Waals surface area (Å²) in [6.07, 6.45) is 0.246. The van der Waals surface area contributed by atoms with Crippen LogP contribution in [0.4, 0.5) is 0 Å². The number of aryl methyl sites for hydroxylation is 1. The van der Waals surface area contributed by atoms with Crippen LogP contribution in [0.3, 0.4) is 0 Å². The number of likely N-dealkylation sites (N-methyl/N-ethyl adjacent to an activating group) is 1. The highest BCUT2D eigenvalue weighted by molar-refractivity contribution is 5.52. The van der Waals surface area contributed by atoms with Crippen LogP contribution in [0.25, 0.3) is 0 Å². The molecule has 1 atom stereocenters. The van der Waals surface area contributed by atoms with E-state index in [9.17, 15) is 5.11 Å². The second-order valence-electron chi connectivity index (χ2n) is 3.80. The predicted octanol–water partition coefficient (Wildman–Crippen LogP) is 1.52. The zero-order chi connectivity index (χ0) is 12.8. The number of rotatable bonds is 6. The lowest BCUT2D eigenvalue weighted by molar-refractivity contribution is 0.171. The van der Waals surface area contributed by atoms with Gasteiger partial charge in [-0.1, -0.05) is 13.0 Å². The molecule has 4 heteroatoms. The van der Waals surface area contributed by atoms with Crippen molar-refractivity contribution in [2.75, 3.05) is 27.8 Å². The minimum atomic E-state index is -0.597. The van der Waals surface area contributed by atoms with Crippen LogP contribution in [0.1, 0.15) is 24.2 Å². The van der Waals surface area contributed by atoms with E-state index in [0.717, 1.165) is 17.5 Å². The van der Waals surface area contributed by atoms with Gasteiger partial charge in [0.05, 0.1) is 20.3 Å². The molecule has 0 aliphatic carbocycles. The average molecular weight is 239 g/mol. The molecular weight excluding hydrogens is 218 g/mol. The van der Waals surface area contributed by atoms with Crippen LogP contribution in [-0.2, 0) is 6.42 Å². The summed E-state index contributed by atoms with van der Waals surface area (Å²) in [5.41, 5.74) is 1.88. The number of aliphatic hydroxyl groups excluding tert-OH is 1. The fourth-order valence-corrected chi connectivity index (χ4v) is 1.96. The summed E-state index contributed by atoms with van der Waals surface area (Å²) in [7, 11) is 4.99. The molecule has 0 heterocycles. The maximum Gasteiger partial charge on any atom is 0.166 e. The number of hydrogen-bond donors (Lipinski definition) is 2. The van der Waals surface area contributed by atoms with E-state index in [4.69, 9.17) is 9.47 Å². The molecule has 96 valence electrons. The highest BCUT2D eigenvalue weighted by atomic mass is 16.5. The Morgan fingerprint density at radius 1 is 1.29 bits per heavy atom. The molecular formula is C13H21NO3. The summed E-state index contributed by atoms with van der Waals surface area (Å²) in [6, 6.07) is 3.84. The van der Waals surface area contributed by atoms with Crippen LogP contribution >= 0.6 is 0 Å². The number of nitrogens with one attached hydrogen (secondary N) is 1. The van der Waals surface area contributed by atoms with Crippen molar-refractivity contribution in [1.29, 1.82) is 0 Å². The van der Waals surface area contributed by atoms with Crippen molar-refractivity contribution >= 4 is 0 Å². The van der Waals surface area contributed by atoms with E-state index in [1.807, 2.05) is 19.2 Å². The molecule has 0 spiro atoms. The van der Waals surface area contributed by atoms with Gasteiger partial charge in [0.15, 0.2) is 11.5 Å².